The number of nitrogens with zero attached hydrogens (tertiary/aromatic N) is 2. The molecule has 0 spiro atoms. The fraction of sp³-hybridized carbons (Fsp3) is 0.684. The van der Waals surface area contributed by atoms with Crippen LogP contribution in [0, 0.1) is 5.92 Å². The van der Waals surface area contributed by atoms with Crippen molar-refractivity contribution in [3.8, 4) is 11.5 Å². The molecule has 1 fully saturated rings. The molecule has 0 radical (unpaired) electrons. The summed E-state index contributed by atoms with van der Waals surface area (Å²) in [5.41, 5.74) is 1.03. The number of methoxy groups -OCH3 is 2. The second kappa shape index (κ2) is 9.62. The maximum Gasteiger partial charge on any atom is 0.179 e. The first-order valence-corrected chi connectivity index (χ1v) is 9.38. The number of hydrogen-bond acceptors (Lipinski definition) is 5. The number of rotatable bonds is 8. The molecule has 6 heteroatoms. The number of hydrogen-bond donors (Lipinski definition) is 1. The van der Waals surface area contributed by atoms with Gasteiger partial charge in [0.1, 0.15) is 0 Å². The number of piperazine rings is 1. The van der Waals surface area contributed by atoms with Crippen LogP contribution in [-0.2, 0) is 6.54 Å². The van der Waals surface area contributed by atoms with Crippen LogP contribution in [0.2, 0.25) is 5.02 Å². The van der Waals surface area contributed by atoms with Crippen molar-refractivity contribution in [2.75, 3.05) is 54.0 Å². The molecule has 1 aliphatic rings. The minimum atomic E-state index is 0.535. The number of likely N-dealkylation sites (N-methyl/N-ethyl adjacent to an activating group) is 1. The molecule has 2 rings (SSSR count). The third kappa shape index (κ3) is 5.23. The lowest BCUT2D eigenvalue weighted by molar-refractivity contribution is 0.0875. The van der Waals surface area contributed by atoms with Crippen LogP contribution in [0.1, 0.15) is 19.4 Å². The van der Waals surface area contributed by atoms with E-state index in [2.05, 4.69) is 36.0 Å². The van der Waals surface area contributed by atoms with Crippen LogP contribution in [0.25, 0.3) is 0 Å². The topological polar surface area (TPSA) is 37.0 Å². The standard InChI is InChI=1S/C19H32ClN3O2/c1-14(2)16(23-10-8-22(3)9-11-23)13-21-12-15-6-7-17(24-4)19(25-5)18(15)20/h6-7,14,16,21H,8-13H2,1-5H3. The molecule has 1 aromatic rings. The van der Waals surface area contributed by atoms with E-state index in [9.17, 15) is 0 Å². The summed E-state index contributed by atoms with van der Waals surface area (Å²) in [6.45, 7) is 10.8. The zero-order valence-corrected chi connectivity index (χ0v) is 16.9. The Balaban J connectivity index is 1.96. The minimum absolute atomic E-state index is 0.535. The highest BCUT2D eigenvalue weighted by atomic mass is 35.5. The Morgan fingerprint density at radius 1 is 1.12 bits per heavy atom. The van der Waals surface area contributed by atoms with Crippen molar-refractivity contribution in [3.05, 3.63) is 22.7 Å². The summed E-state index contributed by atoms with van der Waals surface area (Å²) in [7, 11) is 5.43. The molecule has 1 aliphatic heterocycles. The van der Waals surface area contributed by atoms with E-state index in [-0.39, 0.29) is 0 Å². The summed E-state index contributed by atoms with van der Waals surface area (Å²) < 4.78 is 10.7. The number of benzene rings is 1. The average Bonchev–Trinajstić information content (AvgIpc) is 2.60. The van der Waals surface area contributed by atoms with Crippen molar-refractivity contribution in [1.29, 1.82) is 0 Å². The van der Waals surface area contributed by atoms with Crippen molar-refractivity contribution < 1.29 is 9.47 Å². The zero-order chi connectivity index (χ0) is 18.4. The molecule has 1 heterocycles. The summed E-state index contributed by atoms with van der Waals surface area (Å²) in [5.74, 6) is 1.87. The molecule has 25 heavy (non-hydrogen) atoms. The van der Waals surface area contributed by atoms with E-state index < -0.39 is 0 Å². The minimum Gasteiger partial charge on any atom is -0.493 e. The predicted octanol–water partition coefficient (Wildman–Crippen LogP) is 2.72. The van der Waals surface area contributed by atoms with Gasteiger partial charge in [-0.05, 0) is 24.6 Å². The molecule has 5 nitrogen and oxygen atoms in total. The molecule has 0 saturated carbocycles. The van der Waals surface area contributed by atoms with Crippen LogP contribution in [0.5, 0.6) is 11.5 Å². The Morgan fingerprint density at radius 3 is 2.36 bits per heavy atom. The Morgan fingerprint density at radius 2 is 1.80 bits per heavy atom. The first kappa shape index (κ1) is 20.3. The van der Waals surface area contributed by atoms with Crippen molar-refractivity contribution in [1.82, 2.24) is 15.1 Å². The lowest BCUT2D eigenvalue weighted by Gasteiger charge is -2.40. The van der Waals surface area contributed by atoms with Gasteiger partial charge in [-0.15, -0.1) is 0 Å². The lowest BCUT2D eigenvalue weighted by Crippen LogP contribution is -2.53. The van der Waals surface area contributed by atoms with Gasteiger partial charge in [0.15, 0.2) is 11.5 Å². The van der Waals surface area contributed by atoms with Crippen LogP contribution >= 0.6 is 11.6 Å². The maximum absolute atomic E-state index is 6.47. The van der Waals surface area contributed by atoms with Crippen LogP contribution < -0.4 is 14.8 Å². The number of halogens is 1. The molecule has 0 amide bonds. The molecule has 1 aromatic carbocycles. The summed E-state index contributed by atoms with van der Waals surface area (Å²) in [5, 5.41) is 4.21. The predicted molar refractivity (Wildman–Crippen MR) is 104 cm³/mol. The fourth-order valence-corrected chi connectivity index (χ4v) is 3.66. The van der Waals surface area contributed by atoms with Crippen molar-refractivity contribution >= 4 is 11.6 Å². The smallest absolute Gasteiger partial charge is 0.179 e. The molecular weight excluding hydrogens is 338 g/mol. The molecule has 0 aromatic heterocycles. The second-order valence-electron chi connectivity index (χ2n) is 7.06. The monoisotopic (exact) mass is 369 g/mol. The summed E-state index contributed by atoms with van der Waals surface area (Å²) >= 11 is 6.47. The van der Waals surface area contributed by atoms with E-state index in [0.717, 1.165) is 44.8 Å². The van der Waals surface area contributed by atoms with E-state index in [1.54, 1.807) is 14.2 Å². The zero-order valence-electron chi connectivity index (χ0n) is 16.1. The Bertz CT molecular complexity index is 546. The Labute approximate surface area is 157 Å². The third-order valence-corrected chi connectivity index (χ3v) is 5.42. The van der Waals surface area contributed by atoms with Crippen LogP contribution in [-0.4, -0.2) is 69.8 Å². The van der Waals surface area contributed by atoms with Crippen molar-refractivity contribution in [2.45, 2.75) is 26.4 Å². The first-order chi connectivity index (χ1) is 12.0. The van der Waals surface area contributed by atoms with Gasteiger partial charge in [0.2, 0.25) is 0 Å². The largest absolute Gasteiger partial charge is 0.493 e. The summed E-state index contributed by atoms with van der Waals surface area (Å²) in [6.07, 6.45) is 0. The summed E-state index contributed by atoms with van der Waals surface area (Å²) in [6, 6.07) is 4.44. The second-order valence-corrected chi connectivity index (χ2v) is 7.43. The molecule has 142 valence electrons. The van der Waals surface area contributed by atoms with Gasteiger partial charge in [-0.25, -0.2) is 0 Å². The Hall–Kier alpha value is -1.01. The van der Waals surface area contributed by atoms with Gasteiger partial charge < -0.3 is 19.7 Å². The van der Waals surface area contributed by atoms with Gasteiger partial charge in [0, 0.05) is 45.3 Å². The highest BCUT2D eigenvalue weighted by molar-refractivity contribution is 6.33. The van der Waals surface area contributed by atoms with Gasteiger partial charge in [-0.2, -0.15) is 0 Å². The van der Waals surface area contributed by atoms with Gasteiger partial charge in [0.25, 0.3) is 0 Å². The molecule has 0 aliphatic carbocycles. The van der Waals surface area contributed by atoms with Gasteiger partial charge >= 0.3 is 0 Å². The number of nitrogens with one attached hydrogen (secondary N) is 1. The third-order valence-electron chi connectivity index (χ3n) is 5.01. The quantitative estimate of drug-likeness (QED) is 0.762. The van der Waals surface area contributed by atoms with Crippen LogP contribution in [0.3, 0.4) is 0 Å². The number of ether oxygens (including phenoxy) is 2. The fourth-order valence-electron chi connectivity index (χ4n) is 3.36. The average molecular weight is 370 g/mol. The van der Waals surface area contributed by atoms with Crippen LogP contribution in [0.15, 0.2) is 12.1 Å². The Kier molecular flexibility index (Phi) is 7.81. The first-order valence-electron chi connectivity index (χ1n) is 9.00. The van der Waals surface area contributed by atoms with Gasteiger partial charge in [-0.3, -0.25) is 4.90 Å². The van der Waals surface area contributed by atoms with Gasteiger partial charge in [0.05, 0.1) is 19.2 Å². The summed E-state index contributed by atoms with van der Waals surface area (Å²) in [4.78, 5) is 5.00. The maximum atomic E-state index is 6.47. The van der Waals surface area contributed by atoms with E-state index in [0.29, 0.717) is 28.5 Å². The van der Waals surface area contributed by atoms with Crippen molar-refractivity contribution in [2.24, 2.45) is 5.92 Å². The highest BCUT2D eigenvalue weighted by Gasteiger charge is 2.24. The highest BCUT2D eigenvalue weighted by Crippen LogP contribution is 2.37. The van der Waals surface area contributed by atoms with E-state index in [1.165, 1.54) is 0 Å². The van der Waals surface area contributed by atoms with Crippen molar-refractivity contribution in [3.63, 3.8) is 0 Å². The normalized spacial score (nSPS) is 17.7. The van der Waals surface area contributed by atoms with E-state index in [1.807, 2.05) is 12.1 Å². The SMILES string of the molecule is COc1ccc(CNCC(C(C)C)N2CCN(C)CC2)c(Cl)c1OC. The lowest BCUT2D eigenvalue weighted by atomic mass is 10.0. The molecule has 1 atom stereocenters. The molecule has 1 saturated heterocycles. The van der Waals surface area contributed by atoms with E-state index >= 15 is 0 Å². The molecule has 0 bridgehead atoms. The van der Waals surface area contributed by atoms with E-state index in [4.69, 9.17) is 21.1 Å². The molecule has 1 unspecified atom stereocenters. The van der Waals surface area contributed by atoms with Gasteiger partial charge in [-0.1, -0.05) is 31.5 Å². The molecular formula is C19H32ClN3O2. The molecule has 1 N–H and O–H groups in total. The van der Waals surface area contributed by atoms with Crippen LogP contribution in [0.4, 0.5) is 0 Å².